The van der Waals surface area contributed by atoms with Gasteiger partial charge in [0.15, 0.2) is 0 Å². The van der Waals surface area contributed by atoms with Crippen LogP contribution in [0.1, 0.15) is 51.5 Å². The summed E-state index contributed by atoms with van der Waals surface area (Å²) in [6.07, 6.45) is 2.02. The highest BCUT2D eigenvalue weighted by atomic mass is 32.1. The number of urea groups is 1. The lowest BCUT2D eigenvalue weighted by molar-refractivity contribution is 0.187. The van der Waals surface area contributed by atoms with Crippen molar-refractivity contribution in [2.24, 2.45) is 0 Å². The average Bonchev–Trinajstić information content (AvgIpc) is 2.78. The van der Waals surface area contributed by atoms with Gasteiger partial charge in [0.05, 0.1) is 12.1 Å². The van der Waals surface area contributed by atoms with Gasteiger partial charge in [-0.15, -0.1) is 10.2 Å². The summed E-state index contributed by atoms with van der Waals surface area (Å²) < 4.78 is 0. The standard InChI is InChI=1S/C12H22N4O2S/c1-5-8(6-2)9-15-16-11(19-9)13-10(18)14-12(3,4)7-17/h8,17H,5-7H2,1-4H3,(H2,13,14,16,18). The number of carbonyl (C=O) groups is 1. The number of rotatable bonds is 6. The number of nitrogens with zero attached hydrogens (tertiary/aromatic N) is 2. The van der Waals surface area contributed by atoms with Crippen LogP contribution < -0.4 is 10.6 Å². The minimum absolute atomic E-state index is 0.129. The molecule has 0 radical (unpaired) electrons. The second kappa shape index (κ2) is 6.81. The Labute approximate surface area is 117 Å². The third kappa shape index (κ3) is 4.76. The van der Waals surface area contributed by atoms with Gasteiger partial charge in [0.1, 0.15) is 5.01 Å². The summed E-state index contributed by atoms with van der Waals surface area (Å²) in [6, 6.07) is -0.383. The van der Waals surface area contributed by atoms with Crippen LogP contribution in [0.2, 0.25) is 0 Å². The molecule has 0 aromatic carbocycles. The fraction of sp³-hybridized carbons (Fsp3) is 0.750. The van der Waals surface area contributed by atoms with E-state index in [0.717, 1.165) is 17.8 Å². The molecule has 1 rings (SSSR count). The predicted octanol–water partition coefficient (Wildman–Crippen LogP) is 2.33. The number of anilines is 1. The number of carbonyl (C=O) groups excluding carboxylic acids is 1. The zero-order chi connectivity index (χ0) is 14.5. The van der Waals surface area contributed by atoms with Crippen LogP contribution in [0.25, 0.3) is 0 Å². The summed E-state index contributed by atoms with van der Waals surface area (Å²) >= 11 is 1.40. The first-order valence-corrected chi connectivity index (χ1v) is 7.27. The SMILES string of the molecule is CCC(CC)c1nnc(NC(=O)NC(C)(C)CO)s1. The lowest BCUT2D eigenvalue weighted by Gasteiger charge is -2.22. The van der Waals surface area contributed by atoms with Crippen molar-refractivity contribution >= 4 is 22.5 Å². The average molecular weight is 286 g/mol. The summed E-state index contributed by atoms with van der Waals surface area (Å²) in [6.45, 7) is 7.57. The normalized spacial score (nSPS) is 11.7. The molecule has 1 heterocycles. The van der Waals surface area contributed by atoms with Crippen molar-refractivity contribution in [3.63, 3.8) is 0 Å². The summed E-state index contributed by atoms with van der Waals surface area (Å²) in [5.41, 5.74) is -0.660. The molecule has 0 bridgehead atoms. The van der Waals surface area contributed by atoms with E-state index in [9.17, 15) is 4.79 Å². The van der Waals surface area contributed by atoms with Crippen LogP contribution in [0.15, 0.2) is 0 Å². The van der Waals surface area contributed by atoms with E-state index >= 15 is 0 Å². The molecule has 0 saturated carbocycles. The monoisotopic (exact) mass is 286 g/mol. The summed E-state index contributed by atoms with van der Waals surface area (Å²) in [7, 11) is 0. The first-order chi connectivity index (χ1) is 8.91. The lowest BCUT2D eigenvalue weighted by atomic mass is 10.1. The molecule has 0 aliphatic heterocycles. The molecule has 0 aliphatic rings. The molecule has 19 heavy (non-hydrogen) atoms. The molecule has 0 spiro atoms. The van der Waals surface area contributed by atoms with Gasteiger partial charge in [0.2, 0.25) is 5.13 Å². The number of hydrogen-bond acceptors (Lipinski definition) is 5. The number of nitrogens with one attached hydrogen (secondary N) is 2. The molecular weight excluding hydrogens is 264 g/mol. The number of aliphatic hydroxyl groups is 1. The van der Waals surface area contributed by atoms with Crippen LogP contribution in [0.5, 0.6) is 0 Å². The van der Waals surface area contributed by atoms with E-state index in [1.54, 1.807) is 13.8 Å². The second-order valence-electron chi connectivity index (χ2n) is 5.08. The van der Waals surface area contributed by atoms with Gasteiger partial charge in [-0.1, -0.05) is 25.2 Å². The third-order valence-electron chi connectivity index (χ3n) is 2.84. The fourth-order valence-electron chi connectivity index (χ4n) is 1.56. The Kier molecular flexibility index (Phi) is 5.68. The molecular formula is C12H22N4O2S. The Hall–Kier alpha value is -1.21. The maximum Gasteiger partial charge on any atom is 0.321 e. The molecule has 0 aliphatic carbocycles. The molecule has 6 nitrogen and oxygen atoms in total. The van der Waals surface area contributed by atoms with Crippen LogP contribution in [0.3, 0.4) is 0 Å². The molecule has 0 unspecified atom stereocenters. The third-order valence-corrected chi connectivity index (χ3v) is 3.84. The van der Waals surface area contributed by atoms with Gasteiger partial charge in [-0.2, -0.15) is 0 Å². The van der Waals surface area contributed by atoms with Crippen LogP contribution in [-0.2, 0) is 0 Å². The molecule has 3 N–H and O–H groups in total. The van der Waals surface area contributed by atoms with Crippen molar-refractivity contribution in [3.8, 4) is 0 Å². The van der Waals surface area contributed by atoms with Crippen molar-refractivity contribution < 1.29 is 9.90 Å². The summed E-state index contributed by atoms with van der Waals surface area (Å²) in [4.78, 5) is 11.7. The van der Waals surface area contributed by atoms with Crippen LogP contribution in [0, 0.1) is 0 Å². The molecule has 1 aromatic heterocycles. The van der Waals surface area contributed by atoms with E-state index in [1.807, 2.05) is 0 Å². The van der Waals surface area contributed by atoms with E-state index in [0.29, 0.717) is 11.0 Å². The van der Waals surface area contributed by atoms with Crippen molar-refractivity contribution in [2.45, 2.75) is 52.0 Å². The van der Waals surface area contributed by atoms with E-state index in [2.05, 4.69) is 34.7 Å². The van der Waals surface area contributed by atoms with Crippen molar-refractivity contribution in [3.05, 3.63) is 5.01 Å². The smallest absolute Gasteiger partial charge is 0.321 e. The number of aliphatic hydroxyl groups excluding tert-OH is 1. The van der Waals surface area contributed by atoms with Gasteiger partial charge >= 0.3 is 6.03 Å². The van der Waals surface area contributed by atoms with Crippen LogP contribution >= 0.6 is 11.3 Å². The predicted molar refractivity (Wildman–Crippen MR) is 76.6 cm³/mol. The first kappa shape index (κ1) is 15.8. The Bertz CT molecular complexity index is 416. The second-order valence-corrected chi connectivity index (χ2v) is 6.09. The molecule has 108 valence electrons. The highest BCUT2D eigenvalue weighted by Crippen LogP contribution is 2.27. The minimum Gasteiger partial charge on any atom is -0.394 e. The highest BCUT2D eigenvalue weighted by molar-refractivity contribution is 7.15. The number of amides is 2. The Balaban J connectivity index is 2.61. The largest absolute Gasteiger partial charge is 0.394 e. The zero-order valence-corrected chi connectivity index (χ0v) is 12.7. The molecule has 2 amide bonds. The van der Waals surface area contributed by atoms with E-state index in [-0.39, 0.29) is 12.6 Å². The molecule has 7 heteroatoms. The van der Waals surface area contributed by atoms with E-state index in [1.165, 1.54) is 11.3 Å². The Morgan fingerprint density at radius 1 is 1.37 bits per heavy atom. The zero-order valence-electron chi connectivity index (χ0n) is 11.9. The van der Waals surface area contributed by atoms with Gasteiger partial charge < -0.3 is 10.4 Å². The molecule has 0 saturated heterocycles. The molecule has 0 fully saturated rings. The first-order valence-electron chi connectivity index (χ1n) is 6.45. The van der Waals surface area contributed by atoms with Gasteiger partial charge in [0, 0.05) is 5.92 Å². The van der Waals surface area contributed by atoms with Crippen LogP contribution in [0.4, 0.5) is 9.93 Å². The molecule has 0 atom stereocenters. The maximum atomic E-state index is 11.7. The molecule has 1 aromatic rings. The summed E-state index contributed by atoms with van der Waals surface area (Å²) in [5.74, 6) is 0.394. The van der Waals surface area contributed by atoms with Gasteiger partial charge in [0.25, 0.3) is 0 Å². The minimum atomic E-state index is -0.660. The topological polar surface area (TPSA) is 87.1 Å². The van der Waals surface area contributed by atoms with Crippen LogP contribution in [-0.4, -0.2) is 33.5 Å². The van der Waals surface area contributed by atoms with E-state index < -0.39 is 5.54 Å². The maximum absolute atomic E-state index is 11.7. The van der Waals surface area contributed by atoms with Gasteiger partial charge in [-0.05, 0) is 26.7 Å². The quantitative estimate of drug-likeness (QED) is 0.749. The number of hydrogen-bond donors (Lipinski definition) is 3. The Morgan fingerprint density at radius 3 is 2.53 bits per heavy atom. The van der Waals surface area contributed by atoms with Gasteiger partial charge in [-0.25, -0.2) is 4.79 Å². The lowest BCUT2D eigenvalue weighted by Crippen LogP contribution is -2.48. The number of aromatic nitrogens is 2. The van der Waals surface area contributed by atoms with Gasteiger partial charge in [-0.3, -0.25) is 5.32 Å². The highest BCUT2D eigenvalue weighted by Gasteiger charge is 2.20. The van der Waals surface area contributed by atoms with Crippen molar-refractivity contribution in [2.75, 3.05) is 11.9 Å². The van der Waals surface area contributed by atoms with Crippen molar-refractivity contribution in [1.82, 2.24) is 15.5 Å². The Morgan fingerprint density at radius 2 is 2.00 bits per heavy atom. The van der Waals surface area contributed by atoms with Crippen molar-refractivity contribution in [1.29, 1.82) is 0 Å². The van der Waals surface area contributed by atoms with E-state index in [4.69, 9.17) is 5.11 Å². The summed E-state index contributed by atoms with van der Waals surface area (Å²) in [5, 5.41) is 23.9. The fourth-order valence-corrected chi connectivity index (χ4v) is 2.57.